The van der Waals surface area contributed by atoms with Crippen LogP contribution in [-0.2, 0) is 9.47 Å². The van der Waals surface area contributed by atoms with Crippen molar-refractivity contribution in [3.63, 3.8) is 0 Å². The first-order valence-electron chi connectivity index (χ1n) is 9.33. The molecule has 3 fully saturated rings. The summed E-state index contributed by atoms with van der Waals surface area (Å²) in [4.78, 5) is 23.6. The topological polar surface area (TPSA) is 89.7 Å². The molecule has 6 rings (SSSR count). The molecule has 8 nitrogen and oxygen atoms in total. The second-order valence-corrected chi connectivity index (χ2v) is 7.74. The summed E-state index contributed by atoms with van der Waals surface area (Å²) in [5, 5.41) is 6.08. The predicted octanol–water partition coefficient (Wildman–Crippen LogP) is 2.30. The maximum absolute atomic E-state index is 12.3. The molecule has 5 heterocycles. The van der Waals surface area contributed by atoms with Crippen molar-refractivity contribution in [3.8, 4) is 10.6 Å². The van der Waals surface area contributed by atoms with Gasteiger partial charge in [0.25, 0.3) is 6.01 Å². The molecule has 0 aliphatic carbocycles. The fourth-order valence-corrected chi connectivity index (χ4v) is 4.34. The van der Waals surface area contributed by atoms with Gasteiger partial charge in [-0.1, -0.05) is 0 Å². The SMILES string of the molecule is CCOC(=O)c1cc(-c2nccs2)c2oc(N3CC4CNCC3CO4)nc2c1. The highest BCUT2D eigenvalue weighted by atomic mass is 32.1. The molecule has 0 spiro atoms. The number of ether oxygens (including phenoxy) is 2. The Balaban J connectivity index is 1.62. The van der Waals surface area contributed by atoms with Crippen LogP contribution >= 0.6 is 11.3 Å². The molecule has 3 saturated heterocycles. The Bertz CT molecular complexity index is 999. The van der Waals surface area contributed by atoms with Gasteiger partial charge >= 0.3 is 5.97 Å². The third-order valence-electron chi connectivity index (χ3n) is 5.02. The summed E-state index contributed by atoms with van der Waals surface area (Å²) in [6.45, 7) is 5.12. The maximum Gasteiger partial charge on any atom is 0.338 e. The number of nitrogens with zero attached hydrogens (tertiary/aromatic N) is 3. The van der Waals surface area contributed by atoms with Gasteiger partial charge in [-0.2, -0.15) is 4.98 Å². The van der Waals surface area contributed by atoms with E-state index in [0.29, 0.717) is 35.9 Å². The van der Waals surface area contributed by atoms with Crippen molar-refractivity contribution >= 4 is 34.4 Å². The van der Waals surface area contributed by atoms with E-state index in [2.05, 4.69) is 15.2 Å². The van der Waals surface area contributed by atoms with Crippen LogP contribution in [0.4, 0.5) is 6.01 Å². The zero-order chi connectivity index (χ0) is 19.1. The number of fused-ring (bicyclic) bond motifs is 5. The van der Waals surface area contributed by atoms with Crippen LogP contribution in [0.15, 0.2) is 28.1 Å². The van der Waals surface area contributed by atoms with Crippen LogP contribution in [0, 0.1) is 0 Å². The molecule has 2 atom stereocenters. The Labute approximate surface area is 165 Å². The molecule has 2 bridgehead atoms. The number of rotatable bonds is 4. The van der Waals surface area contributed by atoms with E-state index >= 15 is 0 Å². The van der Waals surface area contributed by atoms with Crippen molar-refractivity contribution in [1.29, 1.82) is 0 Å². The molecule has 3 aromatic rings. The minimum atomic E-state index is -0.377. The first kappa shape index (κ1) is 17.6. The lowest BCUT2D eigenvalue weighted by Gasteiger charge is -2.34. The molecule has 0 amide bonds. The lowest BCUT2D eigenvalue weighted by molar-refractivity contribution is 0.0373. The predicted molar refractivity (Wildman–Crippen MR) is 105 cm³/mol. The summed E-state index contributed by atoms with van der Waals surface area (Å²) in [7, 11) is 0. The van der Waals surface area contributed by atoms with Crippen LogP contribution < -0.4 is 10.2 Å². The average molecular weight is 400 g/mol. The Morgan fingerprint density at radius 1 is 1.43 bits per heavy atom. The van der Waals surface area contributed by atoms with Crippen molar-refractivity contribution in [3.05, 3.63) is 29.3 Å². The smallest absolute Gasteiger partial charge is 0.338 e. The monoisotopic (exact) mass is 400 g/mol. The van der Waals surface area contributed by atoms with Crippen LogP contribution in [0.2, 0.25) is 0 Å². The highest BCUT2D eigenvalue weighted by Crippen LogP contribution is 2.35. The Kier molecular flexibility index (Phi) is 4.50. The quantitative estimate of drug-likeness (QED) is 0.668. The Morgan fingerprint density at radius 2 is 2.36 bits per heavy atom. The number of aromatic nitrogens is 2. The van der Waals surface area contributed by atoms with Crippen LogP contribution in [0.5, 0.6) is 0 Å². The van der Waals surface area contributed by atoms with Gasteiger partial charge in [0.1, 0.15) is 10.5 Å². The van der Waals surface area contributed by atoms with E-state index in [-0.39, 0.29) is 18.1 Å². The number of hydrogen-bond acceptors (Lipinski definition) is 9. The van der Waals surface area contributed by atoms with E-state index in [1.807, 2.05) is 5.38 Å². The van der Waals surface area contributed by atoms with Crippen molar-refractivity contribution < 1.29 is 18.7 Å². The summed E-state index contributed by atoms with van der Waals surface area (Å²) in [5.41, 5.74) is 2.46. The number of hydrogen-bond donors (Lipinski definition) is 1. The maximum atomic E-state index is 12.3. The van der Waals surface area contributed by atoms with Gasteiger partial charge in [0.15, 0.2) is 5.58 Å². The summed E-state index contributed by atoms with van der Waals surface area (Å²) < 4.78 is 17.2. The van der Waals surface area contributed by atoms with E-state index < -0.39 is 0 Å². The summed E-state index contributed by atoms with van der Waals surface area (Å²) in [6, 6.07) is 4.21. The van der Waals surface area contributed by atoms with Gasteiger partial charge in [-0.3, -0.25) is 0 Å². The molecule has 1 aromatic carbocycles. The van der Waals surface area contributed by atoms with Gasteiger partial charge in [0.05, 0.1) is 43.0 Å². The zero-order valence-corrected chi connectivity index (χ0v) is 16.2. The van der Waals surface area contributed by atoms with E-state index in [1.165, 1.54) is 11.3 Å². The van der Waals surface area contributed by atoms with Crippen molar-refractivity contribution in [2.24, 2.45) is 0 Å². The third-order valence-corrected chi connectivity index (χ3v) is 5.82. The molecule has 0 saturated carbocycles. The molecule has 146 valence electrons. The normalized spacial score (nSPS) is 21.8. The molecule has 1 N–H and O–H groups in total. The molecule has 2 aromatic heterocycles. The van der Waals surface area contributed by atoms with E-state index in [4.69, 9.17) is 18.9 Å². The number of esters is 1. The van der Waals surface area contributed by atoms with Gasteiger partial charge in [0, 0.05) is 24.7 Å². The third kappa shape index (κ3) is 3.05. The first-order valence-corrected chi connectivity index (χ1v) is 10.2. The second kappa shape index (κ2) is 7.16. The standard InChI is InChI=1S/C19H20N4O4S/c1-2-25-18(24)11-5-14(17-21-3-4-28-17)16-15(6-11)22-19(27-16)23-9-13-8-20-7-12(23)10-26-13/h3-6,12-13,20H,2,7-10H2,1H3. The average Bonchev–Trinajstić information content (AvgIpc) is 3.28. The van der Waals surface area contributed by atoms with E-state index in [1.54, 1.807) is 25.3 Å². The van der Waals surface area contributed by atoms with Crippen LogP contribution in [0.3, 0.4) is 0 Å². The largest absolute Gasteiger partial charge is 0.462 e. The molecule has 0 radical (unpaired) electrons. The van der Waals surface area contributed by atoms with E-state index in [0.717, 1.165) is 30.2 Å². The van der Waals surface area contributed by atoms with Gasteiger partial charge in [-0.05, 0) is 19.1 Å². The van der Waals surface area contributed by atoms with Gasteiger partial charge in [0.2, 0.25) is 0 Å². The number of morpholine rings is 1. The van der Waals surface area contributed by atoms with Crippen molar-refractivity contribution in [2.45, 2.75) is 19.1 Å². The van der Waals surface area contributed by atoms with Crippen molar-refractivity contribution in [2.75, 3.05) is 37.7 Å². The Hall–Kier alpha value is -2.49. The van der Waals surface area contributed by atoms with Gasteiger partial charge in [-0.25, -0.2) is 9.78 Å². The Morgan fingerprint density at radius 3 is 3.18 bits per heavy atom. The fraction of sp³-hybridized carbons (Fsp3) is 0.421. The van der Waals surface area contributed by atoms with Crippen LogP contribution in [0.25, 0.3) is 21.7 Å². The van der Waals surface area contributed by atoms with Gasteiger partial charge in [-0.15, -0.1) is 11.3 Å². The highest BCUT2D eigenvalue weighted by molar-refractivity contribution is 7.13. The minimum absolute atomic E-state index is 0.113. The number of benzene rings is 1. The molecule has 3 aliphatic rings. The summed E-state index contributed by atoms with van der Waals surface area (Å²) >= 11 is 1.49. The van der Waals surface area contributed by atoms with Gasteiger partial charge < -0.3 is 24.1 Å². The second-order valence-electron chi connectivity index (χ2n) is 6.85. The van der Waals surface area contributed by atoms with Crippen LogP contribution in [-0.4, -0.2) is 60.9 Å². The van der Waals surface area contributed by atoms with E-state index in [9.17, 15) is 4.79 Å². The summed E-state index contributed by atoms with van der Waals surface area (Å²) in [6.07, 6.45) is 1.85. The minimum Gasteiger partial charge on any atom is -0.462 e. The fourth-order valence-electron chi connectivity index (χ4n) is 3.69. The molecule has 2 unspecified atom stereocenters. The van der Waals surface area contributed by atoms with Crippen molar-refractivity contribution in [1.82, 2.24) is 15.3 Å². The number of oxazole rings is 1. The molecular weight excluding hydrogens is 380 g/mol. The molecule has 9 heteroatoms. The number of carbonyl (C=O) groups excluding carboxylic acids is 1. The first-order chi connectivity index (χ1) is 13.7. The van der Waals surface area contributed by atoms with Crippen LogP contribution in [0.1, 0.15) is 17.3 Å². The summed E-state index contributed by atoms with van der Waals surface area (Å²) in [5.74, 6) is -0.377. The number of thiazole rings is 1. The number of nitrogens with one attached hydrogen (secondary N) is 1. The molecular formula is C19H20N4O4S. The zero-order valence-electron chi connectivity index (χ0n) is 15.4. The highest BCUT2D eigenvalue weighted by Gasteiger charge is 2.35. The number of anilines is 1. The lowest BCUT2D eigenvalue weighted by atomic mass is 10.1. The number of carbonyl (C=O) groups is 1. The molecule has 3 aliphatic heterocycles. The lowest BCUT2D eigenvalue weighted by Crippen LogP contribution is -2.49. The molecule has 28 heavy (non-hydrogen) atoms.